The van der Waals surface area contributed by atoms with Crippen molar-refractivity contribution in [1.82, 2.24) is 0 Å². The minimum Gasteiger partial charge on any atom is -0.497 e. The normalized spacial score (nSPS) is 10.6. The summed E-state index contributed by atoms with van der Waals surface area (Å²) in [7, 11) is 1.65. The van der Waals surface area contributed by atoms with Crippen molar-refractivity contribution in [3.63, 3.8) is 0 Å². The lowest BCUT2D eigenvalue weighted by Gasteiger charge is -2.02. The second-order valence-corrected chi connectivity index (χ2v) is 4.27. The smallest absolute Gasteiger partial charge is 0.142 e. The largest absolute Gasteiger partial charge is 0.497 e. The lowest BCUT2D eigenvalue weighted by molar-refractivity contribution is 0.132. The van der Waals surface area contributed by atoms with E-state index in [4.69, 9.17) is 9.57 Å². The van der Waals surface area contributed by atoms with E-state index in [1.807, 2.05) is 48.5 Å². The monoisotopic (exact) mass is 255 g/mol. The van der Waals surface area contributed by atoms with Gasteiger partial charge in [-0.2, -0.15) is 0 Å². The molecule has 0 aliphatic rings. The summed E-state index contributed by atoms with van der Waals surface area (Å²) in [4.78, 5) is 5.26. The maximum Gasteiger partial charge on any atom is 0.142 e. The van der Waals surface area contributed by atoms with Crippen LogP contribution < -0.4 is 4.74 Å². The number of hydrogen-bond donors (Lipinski definition) is 0. The molecule has 0 fully saturated rings. The van der Waals surface area contributed by atoms with Crippen LogP contribution in [0.1, 0.15) is 16.7 Å². The summed E-state index contributed by atoms with van der Waals surface area (Å²) in [6.45, 7) is 2.51. The first kappa shape index (κ1) is 13.1. The van der Waals surface area contributed by atoms with Crippen LogP contribution in [0.2, 0.25) is 0 Å². The van der Waals surface area contributed by atoms with Gasteiger partial charge in [-0.1, -0.05) is 47.1 Å². The summed E-state index contributed by atoms with van der Waals surface area (Å²) in [5.74, 6) is 0.840. The Labute approximate surface area is 113 Å². The number of ether oxygens (including phenoxy) is 1. The highest BCUT2D eigenvalue weighted by Gasteiger charge is 1.94. The van der Waals surface area contributed by atoms with Gasteiger partial charge in [0.1, 0.15) is 12.4 Å². The van der Waals surface area contributed by atoms with Crippen LogP contribution in [0.25, 0.3) is 0 Å². The van der Waals surface area contributed by atoms with Crippen molar-refractivity contribution in [3.05, 3.63) is 65.2 Å². The predicted molar refractivity (Wildman–Crippen MR) is 76.6 cm³/mol. The highest BCUT2D eigenvalue weighted by atomic mass is 16.6. The Kier molecular flexibility index (Phi) is 4.56. The van der Waals surface area contributed by atoms with Crippen LogP contribution in [0, 0.1) is 6.92 Å². The summed E-state index contributed by atoms with van der Waals surface area (Å²) in [5, 5.41) is 3.95. The number of benzene rings is 2. The number of hydrogen-bond acceptors (Lipinski definition) is 3. The van der Waals surface area contributed by atoms with Crippen molar-refractivity contribution >= 4 is 6.21 Å². The molecule has 0 aliphatic heterocycles. The van der Waals surface area contributed by atoms with E-state index in [1.165, 1.54) is 5.56 Å². The molecule has 2 rings (SSSR count). The molecule has 3 nitrogen and oxygen atoms in total. The van der Waals surface area contributed by atoms with Crippen molar-refractivity contribution in [2.24, 2.45) is 5.16 Å². The zero-order valence-electron chi connectivity index (χ0n) is 11.2. The van der Waals surface area contributed by atoms with E-state index in [0.717, 1.165) is 16.9 Å². The van der Waals surface area contributed by atoms with E-state index in [1.54, 1.807) is 13.3 Å². The van der Waals surface area contributed by atoms with Gasteiger partial charge >= 0.3 is 0 Å². The van der Waals surface area contributed by atoms with E-state index < -0.39 is 0 Å². The van der Waals surface area contributed by atoms with Gasteiger partial charge in [-0.25, -0.2) is 0 Å². The molecule has 0 amide bonds. The van der Waals surface area contributed by atoms with Crippen LogP contribution in [0.4, 0.5) is 0 Å². The number of oxime groups is 1. The Morgan fingerprint density at radius 2 is 1.68 bits per heavy atom. The minimum absolute atomic E-state index is 0.451. The summed E-state index contributed by atoms with van der Waals surface area (Å²) in [6.07, 6.45) is 1.71. The molecule has 0 atom stereocenters. The van der Waals surface area contributed by atoms with Crippen LogP contribution in [-0.2, 0) is 11.4 Å². The Bertz CT molecular complexity index is 530. The molecule has 0 N–H and O–H groups in total. The highest BCUT2D eigenvalue weighted by molar-refractivity contribution is 5.79. The van der Waals surface area contributed by atoms with Gasteiger partial charge in [0.2, 0.25) is 0 Å². The molecular weight excluding hydrogens is 238 g/mol. The lowest BCUT2D eigenvalue weighted by Crippen LogP contribution is -1.89. The van der Waals surface area contributed by atoms with E-state index in [9.17, 15) is 0 Å². The van der Waals surface area contributed by atoms with E-state index >= 15 is 0 Å². The first-order valence-electron chi connectivity index (χ1n) is 6.13. The van der Waals surface area contributed by atoms with Gasteiger partial charge in [0, 0.05) is 0 Å². The van der Waals surface area contributed by atoms with Gasteiger partial charge in [-0.15, -0.1) is 0 Å². The second-order valence-electron chi connectivity index (χ2n) is 4.27. The lowest BCUT2D eigenvalue weighted by atomic mass is 10.2. The predicted octanol–water partition coefficient (Wildman–Crippen LogP) is 3.55. The molecule has 0 aliphatic carbocycles. The number of rotatable bonds is 5. The second kappa shape index (κ2) is 6.59. The fraction of sp³-hybridized carbons (Fsp3) is 0.188. The molecule has 0 spiro atoms. The topological polar surface area (TPSA) is 30.8 Å². The van der Waals surface area contributed by atoms with Crippen LogP contribution in [-0.4, -0.2) is 13.3 Å². The molecule has 0 saturated carbocycles. The summed E-state index contributed by atoms with van der Waals surface area (Å²) in [6, 6.07) is 15.8. The molecule has 0 aromatic heterocycles. The maximum atomic E-state index is 5.26. The molecule has 0 unspecified atom stereocenters. The SMILES string of the molecule is COc1ccc(CO/N=C\c2ccc(C)cc2)cc1. The molecule has 3 heteroatoms. The zero-order valence-corrected chi connectivity index (χ0v) is 11.2. The number of nitrogens with zero attached hydrogens (tertiary/aromatic N) is 1. The molecule has 98 valence electrons. The van der Waals surface area contributed by atoms with E-state index in [-0.39, 0.29) is 0 Å². The third kappa shape index (κ3) is 4.14. The summed E-state index contributed by atoms with van der Waals surface area (Å²) < 4.78 is 5.09. The zero-order chi connectivity index (χ0) is 13.5. The molecule has 2 aromatic carbocycles. The molecule has 0 heterocycles. The molecule has 0 radical (unpaired) electrons. The molecule has 0 bridgehead atoms. The van der Waals surface area contributed by atoms with Crippen molar-refractivity contribution in [2.75, 3.05) is 7.11 Å². The van der Waals surface area contributed by atoms with Crippen LogP contribution in [0.5, 0.6) is 5.75 Å². The van der Waals surface area contributed by atoms with Gasteiger partial charge in [0.25, 0.3) is 0 Å². The van der Waals surface area contributed by atoms with Gasteiger partial charge in [0.15, 0.2) is 0 Å². The third-order valence-corrected chi connectivity index (χ3v) is 2.74. The summed E-state index contributed by atoms with van der Waals surface area (Å²) in [5.41, 5.74) is 3.32. The Morgan fingerprint density at radius 3 is 2.32 bits per heavy atom. The van der Waals surface area contributed by atoms with Crippen molar-refractivity contribution in [1.29, 1.82) is 0 Å². The standard InChI is InChI=1S/C16H17NO2/c1-13-3-5-14(6-4-13)11-17-19-12-15-7-9-16(18-2)10-8-15/h3-11H,12H2,1-2H3/b17-11-. The van der Waals surface area contributed by atoms with Crippen LogP contribution in [0.15, 0.2) is 53.7 Å². The quantitative estimate of drug-likeness (QED) is 0.604. The van der Waals surface area contributed by atoms with Gasteiger partial charge in [-0.3, -0.25) is 0 Å². The van der Waals surface area contributed by atoms with Crippen LogP contribution >= 0.6 is 0 Å². The third-order valence-electron chi connectivity index (χ3n) is 2.74. The Morgan fingerprint density at radius 1 is 1.00 bits per heavy atom. The first-order valence-corrected chi connectivity index (χ1v) is 6.13. The average Bonchev–Trinajstić information content (AvgIpc) is 2.46. The fourth-order valence-electron chi connectivity index (χ4n) is 1.58. The average molecular weight is 255 g/mol. The maximum absolute atomic E-state index is 5.26. The van der Waals surface area contributed by atoms with Crippen molar-refractivity contribution in [2.45, 2.75) is 13.5 Å². The molecule has 0 saturated heterocycles. The Hall–Kier alpha value is -2.29. The van der Waals surface area contributed by atoms with Gasteiger partial charge in [-0.05, 0) is 30.2 Å². The Balaban J connectivity index is 1.83. The highest BCUT2D eigenvalue weighted by Crippen LogP contribution is 2.11. The van der Waals surface area contributed by atoms with Crippen LogP contribution in [0.3, 0.4) is 0 Å². The van der Waals surface area contributed by atoms with E-state index in [2.05, 4.69) is 12.1 Å². The molecular formula is C16H17NO2. The molecule has 2 aromatic rings. The molecule has 19 heavy (non-hydrogen) atoms. The fourth-order valence-corrected chi connectivity index (χ4v) is 1.58. The van der Waals surface area contributed by atoms with Gasteiger partial charge < -0.3 is 9.57 Å². The van der Waals surface area contributed by atoms with Gasteiger partial charge in [0.05, 0.1) is 13.3 Å². The number of methoxy groups -OCH3 is 1. The van der Waals surface area contributed by atoms with Crippen molar-refractivity contribution < 1.29 is 9.57 Å². The minimum atomic E-state index is 0.451. The van der Waals surface area contributed by atoms with Crippen molar-refractivity contribution in [3.8, 4) is 5.75 Å². The number of aryl methyl sites for hydroxylation is 1. The summed E-state index contributed by atoms with van der Waals surface area (Å²) >= 11 is 0. The van der Waals surface area contributed by atoms with E-state index in [0.29, 0.717) is 6.61 Å². The first-order chi connectivity index (χ1) is 9.28.